The quantitative estimate of drug-likeness (QED) is 0.475. The second-order valence-corrected chi connectivity index (χ2v) is 2.97. The van der Waals surface area contributed by atoms with Crippen molar-refractivity contribution in [3.63, 3.8) is 0 Å². The molecule has 3 N–H and O–H groups in total. The first-order valence-corrected chi connectivity index (χ1v) is 4.46. The third-order valence-corrected chi connectivity index (χ3v) is 1.78. The summed E-state index contributed by atoms with van der Waals surface area (Å²) in [6.07, 6.45) is 0.222. The van der Waals surface area contributed by atoms with Crippen molar-refractivity contribution in [2.75, 3.05) is 6.54 Å². The Morgan fingerprint density at radius 3 is 2.40 bits per heavy atom. The van der Waals surface area contributed by atoms with E-state index in [1.165, 1.54) is 5.48 Å². The van der Waals surface area contributed by atoms with Crippen LogP contribution in [0.2, 0.25) is 0 Å². The predicted molar refractivity (Wildman–Crippen MR) is 53.1 cm³/mol. The molecule has 0 spiro atoms. The first kappa shape index (κ1) is 11.2. The van der Waals surface area contributed by atoms with Crippen molar-refractivity contribution in [2.45, 2.75) is 6.42 Å². The molecule has 0 aliphatic carbocycles. The summed E-state index contributed by atoms with van der Waals surface area (Å²) in [6, 6.07) is 9.18. The van der Waals surface area contributed by atoms with Gasteiger partial charge in [-0.1, -0.05) is 30.3 Å². The molecule has 1 aromatic rings. The SMILES string of the molecule is O=C(CNC(=O)Cc1ccccc1)NO. The second kappa shape index (κ2) is 5.77. The van der Waals surface area contributed by atoms with Crippen molar-refractivity contribution in [3.05, 3.63) is 35.9 Å². The number of hydrogen-bond acceptors (Lipinski definition) is 3. The summed E-state index contributed by atoms with van der Waals surface area (Å²) in [5, 5.41) is 10.6. The molecule has 0 heterocycles. The molecule has 0 radical (unpaired) electrons. The van der Waals surface area contributed by atoms with Crippen LogP contribution in [-0.4, -0.2) is 23.6 Å². The van der Waals surface area contributed by atoms with Crippen LogP contribution < -0.4 is 10.8 Å². The highest BCUT2D eigenvalue weighted by Gasteiger charge is 2.04. The fraction of sp³-hybridized carbons (Fsp3) is 0.200. The lowest BCUT2D eigenvalue weighted by atomic mass is 10.1. The molecule has 0 saturated heterocycles. The predicted octanol–water partition coefficient (Wildman–Crippen LogP) is -0.149. The third-order valence-electron chi connectivity index (χ3n) is 1.78. The van der Waals surface area contributed by atoms with E-state index in [1.54, 1.807) is 0 Å². The summed E-state index contributed by atoms with van der Waals surface area (Å²) < 4.78 is 0. The highest BCUT2D eigenvalue weighted by molar-refractivity contribution is 5.85. The highest BCUT2D eigenvalue weighted by atomic mass is 16.5. The number of nitrogens with one attached hydrogen (secondary N) is 2. The molecule has 0 fully saturated rings. The fourth-order valence-corrected chi connectivity index (χ4v) is 1.06. The Hall–Kier alpha value is -1.88. The van der Waals surface area contributed by atoms with Gasteiger partial charge in [0.25, 0.3) is 5.91 Å². The zero-order valence-electron chi connectivity index (χ0n) is 8.06. The van der Waals surface area contributed by atoms with Gasteiger partial charge in [-0.2, -0.15) is 0 Å². The van der Waals surface area contributed by atoms with E-state index in [9.17, 15) is 9.59 Å². The summed E-state index contributed by atoms with van der Waals surface area (Å²) in [7, 11) is 0. The number of carbonyl (C=O) groups excluding carboxylic acids is 2. The van der Waals surface area contributed by atoms with Crippen molar-refractivity contribution in [2.24, 2.45) is 0 Å². The normalized spacial score (nSPS) is 9.40. The number of benzene rings is 1. The van der Waals surface area contributed by atoms with Crippen molar-refractivity contribution >= 4 is 11.8 Å². The maximum atomic E-state index is 11.3. The second-order valence-electron chi connectivity index (χ2n) is 2.97. The number of hydroxylamine groups is 1. The first-order valence-electron chi connectivity index (χ1n) is 4.46. The van der Waals surface area contributed by atoms with E-state index < -0.39 is 5.91 Å². The van der Waals surface area contributed by atoms with Crippen LogP contribution in [0.1, 0.15) is 5.56 Å². The lowest BCUT2D eigenvalue weighted by Gasteiger charge is -2.03. The van der Waals surface area contributed by atoms with Crippen LogP contribution in [0.3, 0.4) is 0 Å². The van der Waals surface area contributed by atoms with E-state index in [-0.39, 0.29) is 18.9 Å². The molecular weight excluding hydrogens is 196 g/mol. The maximum absolute atomic E-state index is 11.3. The molecule has 5 nitrogen and oxygen atoms in total. The fourth-order valence-electron chi connectivity index (χ4n) is 1.06. The van der Waals surface area contributed by atoms with Gasteiger partial charge in [0.15, 0.2) is 0 Å². The Kier molecular flexibility index (Phi) is 4.30. The molecule has 15 heavy (non-hydrogen) atoms. The Labute approximate surface area is 87.1 Å². The van der Waals surface area contributed by atoms with E-state index in [0.717, 1.165) is 5.56 Å². The molecule has 0 aliphatic rings. The average Bonchev–Trinajstić information content (AvgIpc) is 2.27. The van der Waals surface area contributed by atoms with Gasteiger partial charge in [0, 0.05) is 0 Å². The maximum Gasteiger partial charge on any atom is 0.262 e. The molecule has 0 atom stereocenters. The van der Waals surface area contributed by atoms with Crippen LogP contribution in [0.25, 0.3) is 0 Å². The molecule has 1 rings (SSSR count). The zero-order valence-corrected chi connectivity index (χ0v) is 8.06. The van der Waals surface area contributed by atoms with Gasteiger partial charge in [0.1, 0.15) is 0 Å². The summed E-state index contributed by atoms with van der Waals surface area (Å²) >= 11 is 0. The van der Waals surface area contributed by atoms with Crippen molar-refractivity contribution in [1.29, 1.82) is 0 Å². The van der Waals surface area contributed by atoms with Crippen LogP contribution in [0.5, 0.6) is 0 Å². The molecule has 0 unspecified atom stereocenters. The van der Waals surface area contributed by atoms with Crippen LogP contribution >= 0.6 is 0 Å². The Morgan fingerprint density at radius 2 is 1.80 bits per heavy atom. The minimum absolute atomic E-state index is 0.220. The summed E-state index contributed by atoms with van der Waals surface area (Å²) in [5.41, 5.74) is 2.30. The topological polar surface area (TPSA) is 78.4 Å². The van der Waals surface area contributed by atoms with Gasteiger partial charge < -0.3 is 5.32 Å². The van der Waals surface area contributed by atoms with E-state index in [0.29, 0.717) is 0 Å². The molecule has 0 aromatic heterocycles. The van der Waals surface area contributed by atoms with Crippen LogP contribution in [0.15, 0.2) is 30.3 Å². The molecule has 5 heteroatoms. The number of amides is 2. The monoisotopic (exact) mass is 208 g/mol. The van der Waals surface area contributed by atoms with E-state index in [2.05, 4.69) is 5.32 Å². The molecule has 1 aromatic carbocycles. The van der Waals surface area contributed by atoms with Crippen LogP contribution in [0.4, 0.5) is 0 Å². The molecule has 80 valence electrons. The summed E-state index contributed by atoms with van der Waals surface area (Å²) in [6.45, 7) is -0.220. The first-order chi connectivity index (χ1) is 7.22. The van der Waals surface area contributed by atoms with Crippen molar-refractivity contribution in [3.8, 4) is 0 Å². The summed E-state index contributed by atoms with van der Waals surface area (Å²) in [5.74, 6) is -0.902. The standard InChI is InChI=1S/C10H12N2O3/c13-9(11-7-10(14)12-15)6-8-4-2-1-3-5-8/h1-5,15H,6-7H2,(H,11,13)(H,12,14). The Morgan fingerprint density at radius 1 is 1.13 bits per heavy atom. The molecule has 0 bridgehead atoms. The van der Waals surface area contributed by atoms with Gasteiger partial charge in [0.2, 0.25) is 5.91 Å². The van der Waals surface area contributed by atoms with Gasteiger partial charge in [-0.05, 0) is 5.56 Å². The number of hydrogen-bond donors (Lipinski definition) is 3. The Bertz CT molecular complexity index is 338. The van der Waals surface area contributed by atoms with Gasteiger partial charge in [-0.15, -0.1) is 0 Å². The van der Waals surface area contributed by atoms with Crippen molar-refractivity contribution < 1.29 is 14.8 Å². The lowest BCUT2D eigenvalue weighted by molar-refractivity contribution is -0.131. The Balaban J connectivity index is 2.34. The number of rotatable bonds is 4. The lowest BCUT2D eigenvalue weighted by Crippen LogP contribution is -2.36. The van der Waals surface area contributed by atoms with E-state index in [4.69, 9.17) is 5.21 Å². The van der Waals surface area contributed by atoms with Gasteiger partial charge in [-0.25, -0.2) is 5.48 Å². The van der Waals surface area contributed by atoms with Gasteiger partial charge >= 0.3 is 0 Å². The van der Waals surface area contributed by atoms with Gasteiger partial charge in [0.05, 0.1) is 13.0 Å². The molecule has 0 saturated carbocycles. The highest BCUT2D eigenvalue weighted by Crippen LogP contribution is 1.98. The third kappa shape index (κ3) is 4.24. The summed E-state index contributed by atoms with van der Waals surface area (Å²) in [4.78, 5) is 21.9. The zero-order chi connectivity index (χ0) is 11.1. The number of carbonyl (C=O) groups is 2. The van der Waals surface area contributed by atoms with Crippen LogP contribution in [0, 0.1) is 0 Å². The smallest absolute Gasteiger partial charge is 0.262 e. The molecule has 0 aliphatic heterocycles. The van der Waals surface area contributed by atoms with Crippen molar-refractivity contribution in [1.82, 2.24) is 10.8 Å². The molecule has 2 amide bonds. The van der Waals surface area contributed by atoms with Crippen LogP contribution in [-0.2, 0) is 16.0 Å². The largest absolute Gasteiger partial charge is 0.347 e. The minimum atomic E-state index is -0.642. The van der Waals surface area contributed by atoms with E-state index >= 15 is 0 Å². The molecular formula is C10H12N2O3. The average molecular weight is 208 g/mol. The minimum Gasteiger partial charge on any atom is -0.347 e. The van der Waals surface area contributed by atoms with Gasteiger partial charge in [-0.3, -0.25) is 14.8 Å². The van der Waals surface area contributed by atoms with E-state index in [1.807, 2.05) is 30.3 Å².